The van der Waals surface area contributed by atoms with E-state index < -0.39 is 17.8 Å². The Labute approximate surface area is 178 Å². The molecule has 0 aliphatic carbocycles. The number of anilines is 1. The summed E-state index contributed by atoms with van der Waals surface area (Å²) < 4.78 is 10.6. The lowest BCUT2D eigenvalue weighted by Gasteiger charge is -2.14. The van der Waals surface area contributed by atoms with Crippen LogP contribution in [0.2, 0.25) is 0 Å². The number of hydrogen-bond acceptors (Lipinski definition) is 5. The number of rotatable bonds is 6. The highest BCUT2D eigenvalue weighted by atomic mass is 16.6. The van der Waals surface area contributed by atoms with Crippen molar-refractivity contribution in [3.8, 4) is 5.75 Å². The summed E-state index contributed by atoms with van der Waals surface area (Å²) in [5.41, 5.74) is 3.65. The summed E-state index contributed by atoms with van der Waals surface area (Å²) in [6.45, 7) is 1.69. The minimum atomic E-state index is -0.516. The highest BCUT2D eigenvalue weighted by molar-refractivity contribution is 6.32. The molecule has 1 heterocycles. The van der Waals surface area contributed by atoms with Crippen molar-refractivity contribution in [3.63, 3.8) is 0 Å². The predicted octanol–water partition coefficient (Wildman–Crippen LogP) is 3.24. The molecule has 0 spiro atoms. The topological polar surface area (TPSA) is 84.9 Å². The summed E-state index contributed by atoms with van der Waals surface area (Å²) in [5.74, 6) is -1.11. The number of amides is 2. The number of carbonyl (C=O) groups excluding carboxylic acids is 3. The van der Waals surface area contributed by atoms with Gasteiger partial charge in [0.05, 0.1) is 12.3 Å². The van der Waals surface area contributed by atoms with E-state index in [1.165, 1.54) is 11.1 Å². The molecule has 1 aliphatic heterocycles. The Morgan fingerprint density at radius 2 is 1.74 bits per heavy atom. The number of nitrogens with zero attached hydrogens (tertiary/aromatic N) is 1. The number of ether oxygens (including phenoxy) is 2. The first kappa shape index (κ1) is 20.2. The van der Waals surface area contributed by atoms with E-state index in [1.54, 1.807) is 37.3 Å². The van der Waals surface area contributed by atoms with Gasteiger partial charge in [0, 0.05) is 5.56 Å². The SMILES string of the molecule is CCOC(=O)COc1ccc2ccccc2c1C=C1C(=O)NN(c2ccccc2)C1=O. The van der Waals surface area contributed by atoms with E-state index in [1.807, 2.05) is 36.4 Å². The number of benzene rings is 3. The van der Waals surface area contributed by atoms with Crippen molar-refractivity contribution in [2.45, 2.75) is 6.92 Å². The Bertz CT molecular complexity index is 1190. The van der Waals surface area contributed by atoms with Gasteiger partial charge in [0.15, 0.2) is 6.61 Å². The average Bonchev–Trinajstić information content (AvgIpc) is 3.07. The van der Waals surface area contributed by atoms with Crippen LogP contribution in [0.15, 0.2) is 72.3 Å². The van der Waals surface area contributed by atoms with Crippen molar-refractivity contribution in [1.82, 2.24) is 5.43 Å². The zero-order valence-electron chi connectivity index (χ0n) is 16.8. The van der Waals surface area contributed by atoms with Crippen molar-refractivity contribution in [2.24, 2.45) is 0 Å². The molecule has 0 radical (unpaired) electrons. The van der Waals surface area contributed by atoms with Crippen LogP contribution in [-0.4, -0.2) is 31.0 Å². The summed E-state index contributed by atoms with van der Waals surface area (Å²) in [6.07, 6.45) is 1.50. The lowest BCUT2D eigenvalue weighted by Crippen LogP contribution is -2.35. The molecule has 1 fully saturated rings. The van der Waals surface area contributed by atoms with Gasteiger partial charge in [0.2, 0.25) is 0 Å². The lowest BCUT2D eigenvalue weighted by atomic mass is 10.0. The van der Waals surface area contributed by atoms with E-state index in [9.17, 15) is 14.4 Å². The monoisotopic (exact) mass is 416 g/mol. The number of nitrogens with one attached hydrogen (secondary N) is 1. The van der Waals surface area contributed by atoms with Crippen LogP contribution in [0.3, 0.4) is 0 Å². The first-order chi connectivity index (χ1) is 15.1. The van der Waals surface area contributed by atoms with Crippen LogP contribution >= 0.6 is 0 Å². The molecule has 0 unspecified atom stereocenters. The van der Waals surface area contributed by atoms with Crippen LogP contribution in [0.4, 0.5) is 5.69 Å². The van der Waals surface area contributed by atoms with Crippen LogP contribution in [0.25, 0.3) is 16.8 Å². The first-order valence-corrected chi connectivity index (χ1v) is 9.81. The van der Waals surface area contributed by atoms with Crippen LogP contribution in [-0.2, 0) is 19.1 Å². The minimum absolute atomic E-state index is 0.0267. The maximum absolute atomic E-state index is 13.0. The summed E-state index contributed by atoms with van der Waals surface area (Å²) in [5, 5.41) is 2.90. The largest absolute Gasteiger partial charge is 0.481 e. The molecule has 2 amide bonds. The number of para-hydroxylation sites is 1. The Hall–Kier alpha value is -4.13. The highest BCUT2D eigenvalue weighted by Crippen LogP contribution is 2.32. The fourth-order valence-electron chi connectivity index (χ4n) is 3.35. The molecule has 1 N–H and O–H groups in total. The molecule has 7 heteroatoms. The second-order valence-corrected chi connectivity index (χ2v) is 6.77. The van der Waals surface area contributed by atoms with E-state index in [0.29, 0.717) is 17.0 Å². The second kappa shape index (κ2) is 8.71. The zero-order valence-corrected chi connectivity index (χ0v) is 16.8. The Morgan fingerprint density at radius 1 is 1.00 bits per heavy atom. The number of fused-ring (bicyclic) bond motifs is 1. The quantitative estimate of drug-likeness (QED) is 0.379. The standard InChI is InChI=1S/C24H20N2O5/c1-2-30-22(27)15-31-21-13-12-16-8-6-7-11-18(16)19(21)14-20-23(28)25-26(24(20)29)17-9-4-3-5-10-17/h3-14H,2,15H2,1H3,(H,25,28). The summed E-state index contributed by atoms with van der Waals surface area (Å²) in [7, 11) is 0. The Balaban J connectivity index is 1.74. The third-order valence-corrected chi connectivity index (χ3v) is 4.78. The van der Waals surface area contributed by atoms with Gasteiger partial charge in [-0.1, -0.05) is 48.5 Å². The van der Waals surface area contributed by atoms with Crippen molar-refractivity contribution >= 4 is 40.3 Å². The van der Waals surface area contributed by atoms with Gasteiger partial charge in [-0.05, 0) is 42.0 Å². The molecular weight excluding hydrogens is 396 g/mol. The van der Waals surface area contributed by atoms with Gasteiger partial charge in [-0.2, -0.15) is 0 Å². The second-order valence-electron chi connectivity index (χ2n) is 6.77. The van der Waals surface area contributed by atoms with Gasteiger partial charge in [-0.3, -0.25) is 15.0 Å². The summed E-state index contributed by atoms with van der Waals surface area (Å²) in [4.78, 5) is 37.3. The van der Waals surface area contributed by atoms with E-state index in [0.717, 1.165) is 10.8 Å². The molecule has 3 aromatic rings. The van der Waals surface area contributed by atoms with Gasteiger partial charge in [0.25, 0.3) is 11.8 Å². The molecule has 7 nitrogen and oxygen atoms in total. The van der Waals surface area contributed by atoms with Crippen LogP contribution in [0.1, 0.15) is 12.5 Å². The fraction of sp³-hybridized carbons (Fsp3) is 0.125. The fourth-order valence-corrected chi connectivity index (χ4v) is 3.35. The smallest absolute Gasteiger partial charge is 0.344 e. The highest BCUT2D eigenvalue weighted by Gasteiger charge is 2.34. The molecule has 0 aromatic heterocycles. The predicted molar refractivity (Wildman–Crippen MR) is 116 cm³/mol. The van der Waals surface area contributed by atoms with Gasteiger partial charge in [-0.15, -0.1) is 0 Å². The van der Waals surface area contributed by atoms with E-state index in [2.05, 4.69) is 5.43 Å². The molecule has 0 atom stereocenters. The zero-order chi connectivity index (χ0) is 21.8. The molecule has 31 heavy (non-hydrogen) atoms. The molecule has 1 aliphatic rings. The van der Waals surface area contributed by atoms with Gasteiger partial charge in [0.1, 0.15) is 11.3 Å². The van der Waals surface area contributed by atoms with Crippen molar-refractivity contribution in [3.05, 3.63) is 77.9 Å². The number of carbonyl (C=O) groups is 3. The van der Waals surface area contributed by atoms with Crippen LogP contribution in [0.5, 0.6) is 5.75 Å². The lowest BCUT2D eigenvalue weighted by molar-refractivity contribution is -0.145. The van der Waals surface area contributed by atoms with Gasteiger partial charge >= 0.3 is 5.97 Å². The number of hydrogen-bond donors (Lipinski definition) is 1. The minimum Gasteiger partial charge on any atom is -0.481 e. The van der Waals surface area contributed by atoms with Gasteiger partial charge in [-0.25, -0.2) is 9.80 Å². The Morgan fingerprint density at radius 3 is 2.52 bits per heavy atom. The number of hydrazine groups is 1. The maximum atomic E-state index is 13.0. The van der Waals surface area contributed by atoms with Crippen LogP contribution in [0, 0.1) is 0 Å². The number of esters is 1. The third-order valence-electron chi connectivity index (χ3n) is 4.78. The molecular formula is C24H20N2O5. The molecule has 0 bridgehead atoms. The summed E-state index contributed by atoms with van der Waals surface area (Å²) in [6, 6.07) is 19.9. The molecule has 156 valence electrons. The maximum Gasteiger partial charge on any atom is 0.344 e. The van der Waals surface area contributed by atoms with Crippen molar-refractivity contribution in [2.75, 3.05) is 18.2 Å². The first-order valence-electron chi connectivity index (χ1n) is 9.81. The average molecular weight is 416 g/mol. The summed E-state index contributed by atoms with van der Waals surface area (Å²) >= 11 is 0. The molecule has 1 saturated heterocycles. The molecule has 4 rings (SSSR count). The van der Waals surface area contributed by atoms with Crippen LogP contribution < -0.4 is 15.2 Å². The third kappa shape index (κ3) is 4.11. The van der Waals surface area contributed by atoms with Crippen molar-refractivity contribution < 1.29 is 23.9 Å². The van der Waals surface area contributed by atoms with Gasteiger partial charge < -0.3 is 9.47 Å². The van der Waals surface area contributed by atoms with E-state index in [4.69, 9.17) is 9.47 Å². The van der Waals surface area contributed by atoms with Crippen molar-refractivity contribution in [1.29, 1.82) is 0 Å². The normalized spacial score (nSPS) is 14.7. The van der Waals surface area contributed by atoms with E-state index >= 15 is 0 Å². The molecule has 3 aromatic carbocycles. The van der Waals surface area contributed by atoms with E-state index in [-0.39, 0.29) is 18.8 Å². The molecule has 0 saturated carbocycles. The Kier molecular flexibility index (Phi) is 5.66.